The molecule has 0 saturated heterocycles. The van der Waals surface area contributed by atoms with Crippen LogP contribution in [-0.2, 0) is 4.79 Å². The van der Waals surface area contributed by atoms with E-state index in [1.165, 1.54) is 0 Å². The molecule has 0 aliphatic heterocycles. The van der Waals surface area contributed by atoms with Crippen LogP contribution in [0, 0.1) is 0 Å². The van der Waals surface area contributed by atoms with Crippen molar-refractivity contribution in [2.45, 2.75) is 45.7 Å². The van der Waals surface area contributed by atoms with E-state index in [4.69, 9.17) is 0 Å². The van der Waals surface area contributed by atoms with Gasteiger partial charge in [0.15, 0.2) is 0 Å². The number of nitrogens with one attached hydrogen (secondary N) is 2. The first-order chi connectivity index (χ1) is 8.01. The Hall–Kier alpha value is -0.940. The number of hydrogen-bond acceptors (Lipinski definition) is 4. The molecule has 0 fully saturated rings. The van der Waals surface area contributed by atoms with Gasteiger partial charge in [-0.3, -0.25) is 4.79 Å². The quantitative estimate of drug-likeness (QED) is 0.818. The molecule has 0 aliphatic rings. The van der Waals surface area contributed by atoms with E-state index in [0.29, 0.717) is 0 Å². The third-order valence-corrected chi connectivity index (χ3v) is 3.54. The Balaban J connectivity index is 2.66. The third kappa shape index (κ3) is 3.78. The van der Waals surface area contributed by atoms with Crippen LogP contribution < -0.4 is 10.6 Å². The number of hydrogen-bond donors (Lipinski definition) is 2. The van der Waals surface area contributed by atoms with Crippen molar-refractivity contribution in [2.24, 2.45) is 0 Å². The van der Waals surface area contributed by atoms with Gasteiger partial charge in [0.05, 0.1) is 11.6 Å². The van der Waals surface area contributed by atoms with Gasteiger partial charge in [-0.15, -0.1) is 11.3 Å². The molecule has 4 nitrogen and oxygen atoms in total. The fourth-order valence-corrected chi connectivity index (χ4v) is 2.38. The number of nitrogens with zero attached hydrogens (tertiary/aromatic N) is 1. The molecule has 5 heteroatoms. The van der Waals surface area contributed by atoms with Gasteiger partial charge in [-0.25, -0.2) is 4.98 Å². The number of rotatable bonds is 6. The van der Waals surface area contributed by atoms with E-state index in [1.807, 2.05) is 33.1 Å². The first-order valence-corrected chi connectivity index (χ1v) is 6.84. The van der Waals surface area contributed by atoms with Crippen LogP contribution in [0.5, 0.6) is 0 Å². The van der Waals surface area contributed by atoms with Crippen LogP contribution >= 0.6 is 11.3 Å². The Kier molecular flexibility index (Phi) is 5.08. The molecule has 1 heterocycles. The Morgan fingerprint density at radius 1 is 1.53 bits per heavy atom. The van der Waals surface area contributed by atoms with Crippen molar-refractivity contribution in [3.63, 3.8) is 0 Å². The minimum atomic E-state index is -0.542. The molecule has 0 spiro atoms. The Labute approximate surface area is 107 Å². The minimum Gasteiger partial charge on any atom is -0.345 e. The lowest BCUT2D eigenvalue weighted by Gasteiger charge is -2.27. The van der Waals surface area contributed by atoms with Gasteiger partial charge in [-0.1, -0.05) is 13.8 Å². The van der Waals surface area contributed by atoms with Crippen LogP contribution in [0.25, 0.3) is 0 Å². The van der Waals surface area contributed by atoms with Gasteiger partial charge < -0.3 is 10.6 Å². The lowest BCUT2D eigenvalue weighted by atomic mass is 10.0. The average molecular weight is 255 g/mol. The lowest BCUT2D eigenvalue weighted by Crippen LogP contribution is -2.53. The van der Waals surface area contributed by atoms with E-state index < -0.39 is 5.54 Å². The lowest BCUT2D eigenvalue weighted by molar-refractivity contribution is -0.127. The summed E-state index contributed by atoms with van der Waals surface area (Å²) in [5.41, 5.74) is -0.542. The predicted octanol–water partition coefficient (Wildman–Crippen LogP) is 2.10. The maximum absolute atomic E-state index is 12.1. The van der Waals surface area contributed by atoms with Gasteiger partial charge in [-0.2, -0.15) is 0 Å². The molecule has 2 N–H and O–H groups in total. The highest BCUT2D eigenvalue weighted by Gasteiger charge is 2.28. The smallest absolute Gasteiger partial charge is 0.240 e. The molecule has 0 saturated carbocycles. The third-order valence-electron chi connectivity index (χ3n) is 2.65. The molecule has 0 aliphatic carbocycles. The molecule has 0 radical (unpaired) electrons. The number of amides is 1. The Morgan fingerprint density at radius 3 is 2.71 bits per heavy atom. The molecule has 1 rings (SSSR count). The summed E-state index contributed by atoms with van der Waals surface area (Å²) in [5, 5.41) is 9.10. The summed E-state index contributed by atoms with van der Waals surface area (Å²) in [6.45, 7) is 8.59. The molecular weight excluding hydrogens is 234 g/mol. The Bertz CT molecular complexity index is 349. The first kappa shape index (κ1) is 14.1. The normalized spacial score (nSPS) is 13.4. The van der Waals surface area contributed by atoms with Crippen LogP contribution in [-0.4, -0.2) is 23.0 Å². The second kappa shape index (κ2) is 6.12. The second-order valence-corrected chi connectivity index (χ2v) is 5.39. The van der Waals surface area contributed by atoms with E-state index in [0.717, 1.165) is 18.0 Å². The standard InChI is InChI=1S/C12H21N3OS/c1-5-9(10-13-7-8-17-10)15-11(16)12(3,4)14-6-2/h7-9,14H,5-6H2,1-4H3,(H,15,16). The molecule has 96 valence electrons. The van der Waals surface area contributed by atoms with Crippen molar-refractivity contribution >= 4 is 17.2 Å². The van der Waals surface area contributed by atoms with Gasteiger partial charge in [0.25, 0.3) is 0 Å². The zero-order valence-electron chi connectivity index (χ0n) is 10.9. The maximum atomic E-state index is 12.1. The fraction of sp³-hybridized carbons (Fsp3) is 0.667. The molecule has 1 aromatic rings. The molecular formula is C12H21N3OS. The summed E-state index contributed by atoms with van der Waals surface area (Å²) >= 11 is 1.58. The molecule has 0 aromatic carbocycles. The van der Waals surface area contributed by atoms with E-state index in [2.05, 4.69) is 15.6 Å². The molecule has 1 atom stereocenters. The summed E-state index contributed by atoms with van der Waals surface area (Å²) in [6, 6.07) is 0.0143. The minimum absolute atomic E-state index is 0.0143. The number of aromatic nitrogens is 1. The molecule has 1 unspecified atom stereocenters. The largest absolute Gasteiger partial charge is 0.345 e. The van der Waals surface area contributed by atoms with Crippen molar-refractivity contribution in [3.8, 4) is 0 Å². The predicted molar refractivity (Wildman–Crippen MR) is 71.0 cm³/mol. The van der Waals surface area contributed by atoms with Crippen LogP contribution in [0.4, 0.5) is 0 Å². The summed E-state index contributed by atoms with van der Waals surface area (Å²) in [5.74, 6) is 0.0152. The maximum Gasteiger partial charge on any atom is 0.240 e. The monoisotopic (exact) mass is 255 g/mol. The number of thiazole rings is 1. The van der Waals surface area contributed by atoms with Gasteiger partial charge >= 0.3 is 0 Å². The fourth-order valence-electron chi connectivity index (χ4n) is 1.61. The highest BCUT2D eigenvalue weighted by atomic mass is 32.1. The van der Waals surface area contributed by atoms with Crippen LogP contribution in [0.1, 0.15) is 45.2 Å². The van der Waals surface area contributed by atoms with Gasteiger partial charge in [0, 0.05) is 11.6 Å². The first-order valence-electron chi connectivity index (χ1n) is 5.96. The second-order valence-electron chi connectivity index (χ2n) is 4.46. The molecule has 1 aromatic heterocycles. The van der Waals surface area contributed by atoms with Crippen molar-refractivity contribution in [3.05, 3.63) is 16.6 Å². The van der Waals surface area contributed by atoms with Gasteiger partial charge in [0.1, 0.15) is 5.01 Å². The van der Waals surface area contributed by atoms with Gasteiger partial charge in [0.2, 0.25) is 5.91 Å². The van der Waals surface area contributed by atoms with E-state index in [1.54, 1.807) is 17.5 Å². The zero-order valence-corrected chi connectivity index (χ0v) is 11.7. The summed E-state index contributed by atoms with van der Waals surface area (Å²) < 4.78 is 0. The van der Waals surface area contributed by atoms with Crippen molar-refractivity contribution < 1.29 is 4.79 Å². The summed E-state index contributed by atoms with van der Waals surface area (Å²) in [6.07, 6.45) is 2.62. The van der Waals surface area contributed by atoms with Gasteiger partial charge in [-0.05, 0) is 26.8 Å². The number of carbonyl (C=O) groups is 1. The Morgan fingerprint density at radius 2 is 2.24 bits per heavy atom. The van der Waals surface area contributed by atoms with Crippen molar-refractivity contribution in [2.75, 3.05) is 6.54 Å². The summed E-state index contributed by atoms with van der Waals surface area (Å²) in [7, 11) is 0. The van der Waals surface area contributed by atoms with E-state index >= 15 is 0 Å². The average Bonchev–Trinajstić information content (AvgIpc) is 2.78. The number of likely N-dealkylation sites (N-methyl/N-ethyl adjacent to an activating group) is 1. The van der Waals surface area contributed by atoms with Crippen molar-refractivity contribution in [1.29, 1.82) is 0 Å². The number of carbonyl (C=O) groups excluding carboxylic acids is 1. The van der Waals surface area contributed by atoms with Crippen molar-refractivity contribution in [1.82, 2.24) is 15.6 Å². The van der Waals surface area contributed by atoms with Crippen LogP contribution in [0.3, 0.4) is 0 Å². The highest BCUT2D eigenvalue weighted by molar-refractivity contribution is 7.09. The topological polar surface area (TPSA) is 54.0 Å². The SMILES string of the molecule is CCNC(C)(C)C(=O)NC(CC)c1nccs1. The van der Waals surface area contributed by atoms with Crippen LogP contribution in [0.15, 0.2) is 11.6 Å². The summed E-state index contributed by atoms with van der Waals surface area (Å²) in [4.78, 5) is 16.4. The van der Waals surface area contributed by atoms with E-state index in [-0.39, 0.29) is 11.9 Å². The highest BCUT2D eigenvalue weighted by Crippen LogP contribution is 2.19. The van der Waals surface area contributed by atoms with Crippen LogP contribution in [0.2, 0.25) is 0 Å². The molecule has 0 bridgehead atoms. The molecule has 1 amide bonds. The molecule has 17 heavy (non-hydrogen) atoms. The van der Waals surface area contributed by atoms with E-state index in [9.17, 15) is 4.79 Å². The zero-order chi connectivity index (χ0) is 12.9.